The van der Waals surface area contributed by atoms with Gasteiger partial charge in [0.1, 0.15) is 5.69 Å². The zero-order valence-electron chi connectivity index (χ0n) is 5.87. The number of carbonyl (C=O) groups is 1. The highest BCUT2D eigenvalue weighted by Gasteiger charge is 2.01. The van der Waals surface area contributed by atoms with Crippen LogP contribution in [0.2, 0.25) is 5.15 Å². The lowest BCUT2D eigenvalue weighted by molar-refractivity contribution is 0.111. The van der Waals surface area contributed by atoms with Crippen molar-refractivity contribution in [2.24, 2.45) is 0 Å². The molecule has 1 heterocycles. The molecule has 0 N–H and O–H groups in total. The van der Waals surface area contributed by atoms with Gasteiger partial charge in [0.2, 0.25) is 0 Å². The first kappa shape index (κ1) is 8.01. The highest BCUT2D eigenvalue weighted by Crippen LogP contribution is 2.20. The quantitative estimate of drug-likeness (QED) is 0.501. The zero-order chi connectivity index (χ0) is 8.27. The number of rotatable bonds is 2. The second-order valence-corrected chi connectivity index (χ2v) is 2.21. The molecule has 0 saturated carbocycles. The van der Waals surface area contributed by atoms with Gasteiger partial charge in [0, 0.05) is 0 Å². The van der Waals surface area contributed by atoms with Gasteiger partial charge in [-0.05, 0) is 12.1 Å². The van der Waals surface area contributed by atoms with E-state index in [1.165, 1.54) is 13.2 Å². The van der Waals surface area contributed by atoms with E-state index in [1.54, 1.807) is 6.07 Å². The van der Waals surface area contributed by atoms with Crippen molar-refractivity contribution in [3.8, 4) is 5.75 Å². The molecule has 0 aliphatic heterocycles. The van der Waals surface area contributed by atoms with Gasteiger partial charge in [-0.1, -0.05) is 11.6 Å². The fraction of sp³-hybridized carbons (Fsp3) is 0.143. The van der Waals surface area contributed by atoms with Crippen molar-refractivity contribution in [1.82, 2.24) is 4.98 Å². The first-order valence-electron chi connectivity index (χ1n) is 2.93. The molecule has 3 nitrogen and oxygen atoms in total. The van der Waals surface area contributed by atoms with Crippen LogP contribution < -0.4 is 4.74 Å². The maximum atomic E-state index is 10.2. The van der Waals surface area contributed by atoms with Crippen LogP contribution in [-0.4, -0.2) is 18.4 Å². The van der Waals surface area contributed by atoms with Gasteiger partial charge in [-0.2, -0.15) is 0 Å². The molecule has 1 aromatic rings. The third-order valence-corrected chi connectivity index (χ3v) is 1.45. The SMILES string of the molecule is COc1ccc(C=O)nc1Cl. The number of carbonyl (C=O) groups excluding carboxylic acids is 1. The Morgan fingerprint density at radius 2 is 2.36 bits per heavy atom. The van der Waals surface area contributed by atoms with Crippen molar-refractivity contribution in [1.29, 1.82) is 0 Å². The van der Waals surface area contributed by atoms with Crippen LogP contribution in [0.1, 0.15) is 10.5 Å². The molecule has 11 heavy (non-hydrogen) atoms. The van der Waals surface area contributed by atoms with Crippen LogP contribution in [-0.2, 0) is 0 Å². The van der Waals surface area contributed by atoms with Crippen LogP contribution in [0.15, 0.2) is 12.1 Å². The number of nitrogens with zero attached hydrogens (tertiary/aromatic N) is 1. The van der Waals surface area contributed by atoms with Gasteiger partial charge in [0.05, 0.1) is 7.11 Å². The third-order valence-electron chi connectivity index (χ3n) is 1.18. The Morgan fingerprint density at radius 3 is 2.82 bits per heavy atom. The average molecular weight is 172 g/mol. The predicted molar refractivity (Wildman–Crippen MR) is 41.2 cm³/mol. The molecule has 0 bridgehead atoms. The molecule has 0 radical (unpaired) electrons. The maximum absolute atomic E-state index is 10.2. The van der Waals surface area contributed by atoms with Crippen molar-refractivity contribution in [2.75, 3.05) is 7.11 Å². The number of halogens is 1. The molecule has 4 heteroatoms. The van der Waals surface area contributed by atoms with E-state index in [1.807, 2.05) is 0 Å². The summed E-state index contributed by atoms with van der Waals surface area (Å²) in [4.78, 5) is 13.9. The predicted octanol–water partition coefficient (Wildman–Crippen LogP) is 1.56. The average Bonchev–Trinajstić information content (AvgIpc) is 2.04. The molecule has 58 valence electrons. The Morgan fingerprint density at radius 1 is 1.64 bits per heavy atom. The van der Waals surface area contributed by atoms with Crippen LogP contribution in [0.3, 0.4) is 0 Å². The van der Waals surface area contributed by atoms with Crippen LogP contribution >= 0.6 is 11.6 Å². The van der Waals surface area contributed by atoms with Crippen molar-refractivity contribution in [3.63, 3.8) is 0 Å². The summed E-state index contributed by atoms with van der Waals surface area (Å²) in [6.45, 7) is 0. The molecule has 0 atom stereocenters. The maximum Gasteiger partial charge on any atom is 0.171 e. The highest BCUT2D eigenvalue weighted by molar-refractivity contribution is 6.30. The molecule has 0 aliphatic rings. The highest BCUT2D eigenvalue weighted by atomic mass is 35.5. The van der Waals surface area contributed by atoms with E-state index in [0.29, 0.717) is 17.7 Å². The summed E-state index contributed by atoms with van der Waals surface area (Å²) in [5.74, 6) is 0.470. The van der Waals surface area contributed by atoms with E-state index in [-0.39, 0.29) is 5.15 Å². The van der Waals surface area contributed by atoms with Gasteiger partial charge in [0.25, 0.3) is 0 Å². The van der Waals surface area contributed by atoms with Crippen LogP contribution in [0.25, 0.3) is 0 Å². The number of hydrogen-bond donors (Lipinski definition) is 0. The van der Waals surface area contributed by atoms with E-state index in [0.717, 1.165) is 0 Å². The monoisotopic (exact) mass is 171 g/mol. The lowest BCUT2D eigenvalue weighted by atomic mass is 10.4. The molecule has 1 rings (SSSR count). The van der Waals surface area contributed by atoms with Gasteiger partial charge >= 0.3 is 0 Å². The number of hydrogen-bond acceptors (Lipinski definition) is 3. The molecular weight excluding hydrogens is 166 g/mol. The lowest BCUT2D eigenvalue weighted by Crippen LogP contribution is -1.90. The molecule has 0 saturated heterocycles. The molecule has 0 spiro atoms. The first-order valence-corrected chi connectivity index (χ1v) is 3.31. The minimum Gasteiger partial charge on any atom is -0.494 e. The Kier molecular flexibility index (Phi) is 2.44. The molecule has 0 unspecified atom stereocenters. The largest absolute Gasteiger partial charge is 0.494 e. The number of aromatic nitrogens is 1. The molecule has 0 fully saturated rings. The second-order valence-electron chi connectivity index (χ2n) is 1.85. The number of aldehydes is 1. The summed E-state index contributed by atoms with van der Waals surface area (Å²) in [5.41, 5.74) is 0.302. The number of ether oxygens (including phenoxy) is 1. The lowest BCUT2D eigenvalue weighted by Gasteiger charge is -2.00. The second kappa shape index (κ2) is 3.34. The van der Waals surface area contributed by atoms with Gasteiger partial charge in [-0.15, -0.1) is 0 Å². The zero-order valence-corrected chi connectivity index (χ0v) is 6.63. The summed E-state index contributed by atoms with van der Waals surface area (Å²) in [5, 5.41) is 0.206. The Labute approximate surface area is 69.0 Å². The summed E-state index contributed by atoms with van der Waals surface area (Å²) < 4.78 is 4.83. The van der Waals surface area contributed by atoms with Gasteiger partial charge in [0.15, 0.2) is 17.2 Å². The minimum atomic E-state index is 0.206. The Balaban J connectivity index is 3.09. The van der Waals surface area contributed by atoms with E-state index in [2.05, 4.69) is 4.98 Å². The molecule has 0 amide bonds. The normalized spacial score (nSPS) is 9.27. The Hall–Kier alpha value is -1.09. The molecule has 1 aromatic heterocycles. The summed E-state index contributed by atoms with van der Waals surface area (Å²) in [6.07, 6.45) is 0.630. The standard InChI is InChI=1S/C7H6ClNO2/c1-11-6-3-2-5(4-10)9-7(6)8/h2-4H,1H3. The van der Waals surface area contributed by atoms with Crippen molar-refractivity contribution in [3.05, 3.63) is 23.0 Å². The summed E-state index contributed by atoms with van der Waals surface area (Å²) in [7, 11) is 1.49. The summed E-state index contributed by atoms with van der Waals surface area (Å²) >= 11 is 5.61. The Bertz CT molecular complexity index is 275. The van der Waals surface area contributed by atoms with Crippen molar-refractivity contribution >= 4 is 17.9 Å². The third kappa shape index (κ3) is 1.68. The van der Waals surface area contributed by atoms with E-state index < -0.39 is 0 Å². The van der Waals surface area contributed by atoms with E-state index in [9.17, 15) is 4.79 Å². The van der Waals surface area contributed by atoms with E-state index in [4.69, 9.17) is 16.3 Å². The van der Waals surface area contributed by atoms with Gasteiger partial charge in [-0.25, -0.2) is 4.98 Å². The van der Waals surface area contributed by atoms with Gasteiger partial charge < -0.3 is 4.74 Å². The van der Waals surface area contributed by atoms with Gasteiger partial charge in [-0.3, -0.25) is 4.79 Å². The van der Waals surface area contributed by atoms with Crippen LogP contribution in [0, 0.1) is 0 Å². The topological polar surface area (TPSA) is 39.2 Å². The fourth-order valence-corrected chi connectivity index (χ4v) is 0.891. The molecule has 0 aromatic carbocycles. The smallest absolute Gasteiger partial charge is 0.171 e. The number of methoxy groups -OCH3 is 1. The number of pyridine rings is 1. The van der Waals surface area contributed by atoms with Crippen molar-refractivity contribution < 1.29 is 9.53 Å². The molecule has 0 aliphatic carbocycles. The van der Waals surface area contributed by atoms with Crippen molar-refractivity contribution in [2.45, 2.75) is 0 Å². The fourth-order valence-electron chi connectivity index (χ4n) is 0.653. The molecular formula is C7H6ClNO2. The summed E-state index contributed by atoms with van der Waals surface area (Å²) in [6, 6.07) is 3.14. The first-order chi connectivity index (χ1) is 5.27. The minimum absolute atomic E-state index is 0.206. The van der Waals surface area contributed by atoms with E-state index >= 15 is 0 Å². The van der Waals surface area contributed by atoms with Crippen LogP contribution in [0.4, 0.5) is 0 Å². The van der Waals surface area contributed by atoms with Crippen LogP contribution in [0.5, 0.6) is 5.75 Å².